The molecule has 0 radical (unpaired) electrons. The molecule has 3 aromatic rings. The van der Waals surface area contributed by atoms with E-state index in [4.69, 9.17) is 4.74 Å². The van der Waals surface area contributed by atoms with Gasteiger partial charge in [-0.3, -0.25) is 0 Å². The highest BCUT2D eigenvalue weighted by Gasteiger charge is 2.29. The van der Waals surface area contributed by atoms with Crippen LogP contribution in [0.3, 0.4) is 0 Å². The molecule has 3 aromatic carbocycles. The van der Waals surface area contributed by atoms with Crippen LogP contribution >= 0.6 is 15.9 Å². The summed E-state index contributed by atoms with van der Waals surface area (Å²) in [5.41, 5.74) is 5.53. The van der Waals surface area contributed by atoms with Crippen molar-refractivity contribution in [1.82, 2.24) is 5.32 Å². The first-order valence-electron chi connectivity index (χ1n) is 9.15. The Morgan fingerprint density at radius 1 is 1.00 bits per heavy atom. The summed E-state index contributed by atoms with van der Waals surface area (Å²) >= 11 is 3.41. The van der Waals surface area contributed by atoms with Crippen molar-refractivity contribution in [2.24, 2.45) is 0 Å². The van der Waals surface area contributed by atoms with E-state index in [-0.39, 0.29) is 19.1 Å². The Kier molecular flexibility index (Phi) is 5.46. The average Bonchev–Trinajstić information content (AvgIpc) is 3.04. The van der Waals surface area contributed by atoms with Crippen LogP contribution in [0, 0.1) is 0 Å². The summed E-state index contributed by atoms with van der Waals surface area (Å²) in [4.78, 5) is 12.4. The molecule has 1 amide bonds. The molecule has 4 nitrogen and oxygen atoms in total. The fourth-order valence-corrected chi connectivity index (χ4v) is 4.16. The van der Waals surface area contributed by atoms with Gasteiger partial charge in [0.1, 0.15) is 6.61 Å². The van der Waals surface area contributed by atoms with E-state index >= 15 is 0 Å². The number of carbonyl (C=O) groups excluding carboxylic acids is 1. The maximum atomic E-state index is 12.4. The van der Waals surface area contributed by atoms with Crippen molar-refractivity contribution in [2.45, 2.75) is 12.0 Å². The minimum atomic E-state index is -0.541. The largest absolute Gasteiger partial charge is 0.449 e. The number of ether oxygens (including phenoxy) is 1. The lowest BCUT2D eigenvalue weighted by Gasteiger charge is -2.19. The lowest BCUT2D eigenvalue weighted by molar-refractivity contribution is 0.132. The molecule has 4 rings (SSSR count). The quantitative estimate of drug-likeness (QED) is 0.588. The first kappa shape index (κ1) is 18.7. The van der Waals surface area contributed by atoms with E-state index in [9.17, 15) is 9.90 Å². The Bertz CT molecular complexity index is 959. The summed E-state index contributed by atoms with van der Waals surface area (Å²) in [5.74, 6) is 0.0107. The third-order valence-electron chi connectivity index (χ3n) is 5.07. The van der Waals surface area contributed by atoms with Crippen molar-refractivity contribution < 1.29 is 14.6 Å². The Balaban J connectivity index is 1.46. The van der Waals surface area contributed by atoms with E-state index in [1.54, 1.807) is 0 Å². The molecule has 0 aliphatic heterocycles. The van der Waals surface area contributed by atoms with Gasteiger partial charge in [0.15, 0.2) is 0 Å². The summed E-state index contributed by atoms with van der Waals surface area (Å²) in [7, 11) is 0. The number of amides is 1. The van der Waals surface area contributed by atoms with Gasteiger partial charge in [0.25, 0.3) is 0 Å². The third kappa shape index (κ3) is 3.68. The predicted molar refractivity (Wildman–Crippen MR) is 112 cm³/mol. The highest BCUT2D eigenvalue weighted by atomic mass is 79.9. The summed E-state index contributed by atoms with van der Waals surface area (Å²) in [6, 6.07) is 23.4. The average molecular weight is 438 g/mol. The number of hydrogen-bond acceptors (Lipinski definition) is 3. The highest BCUT2D eigenvalue weighted by molar-refractivity contribution is 9.10. The van der Waals surface area contributed by atoms with Gasteiger partial charge < -0.3 is 15.2 Å². The van der Waals surface area contributed by atoms with Crippen LogP contribution in [0.4, 0.5) is 4.79 Å². The van der Waals surface area contributed by atoms with Crippen LogP contribution in [0.15, 0.2) is 77.3 Å². The fourth-order valence-electron chi connectivity index (χ4n) is 3.74. The molecule has 1 unspecified atom stereocenters. The van der Waals surface area contributed by atoms with Crippen LogP contribution in [0.1, 0.15) is 28.7 Å². The summed E-state index contributed by atoms with van der Waals surface area (Å²) in [6.07, 6.45) is -0.541. The zero-order valence-corrected chi connectivity index (χ0v) is 16.7. The fraction of sp³-hybridized carbons (Fsp3) is 0.174. The van der Waals surface area contributed by atoms with Crippen molar-refractivity contribution in [1.29, 1.82) is 0 Å². The lowest BCUT2D eigenvalue weighted by Crippen LogP contribution is -2.32. The van der Waals surface area contributed by atoms with E-state index in [1.807, 2.05) is 48.5 Å². The molecule has 0 heterocycles. The molecule has 5 heteroatoms. The molecule has 1 aliphatic carbocycles. The number of aliphatic hydroxyl groups excluding tert-OH is 1. The number of fused-ring (bicyclic) bond motifs is 3. The second-order valence-corrected chi connectivity index (χ2v) is 7.68. The molecule has 0 fully saturated rings. The molecule has 1 aliphatic rings. The number of aliphatic hydroxyl groups is 1. The van der Waals surface area contributed by atoms with E-state index in [0.29, 0.717) is 0 Å². The van der Waals surface area contributed by atoms with E-state index in [2.05, 4.69) is 45.5 Å². The van der Waals surface area contributed by atoms with Crippen LogP contribution in [-0.4, -0.2) is 24.4 Å². The molecule has 142 valence electrons. The van der Waals surface area contributed by atoms with Gasteiger partial charge in [-0.15, -0.1) is 0 Å². The van der Waals surface area contributed by atoms with E-state index in [1.165, 1.54) is 22.3 Å². The van der Waals surface area contributed by atoms with Gasteiger partial charge in [-0.1, -0.05) is 76.6 Å². The van der Waals surface area contributed by atoms with Gasteiger partial charge in [-0.25, -0.2) is 4.79 Å². The first-order chi connectivity index (χ1) is 13.7. The van der Waals surface area contributed by atoms with Gasteiger partial charge in [-0.2, -0.15) is 0 Å². The van der Waals surface area contributed by atoms with Crippen LogP contribution in [-0.2, 0) is 4.74 Å². The second-order valence-electron chi connectivity index (χ2n) is 6.76. The van der Waals surface area contributed by atoms with Crippen LogP contribution in [0.5, 0.6) is 0 Å². The molecule has 0 bridgehead atoms. The minimum Gasteiger partial charge on any atom is -0.449 e. The van der Waals surface area contributed by atoms with E-state index in [0.717, 1.165) is 10.0 Å². The molecule has 0 aromatic heterocycles. The number of hydrogen-bond donors (Lipinski definition) is 2. The molecule has 0 saturated carbocycles. The van der Waals surface area contributed by atoms with Gasteiger partial charge >= 0.3 is 6.09 Å². The van der Waals surface area contributed by atoms with Crippen LogP contribution in [0.2, 0.25) is 0 Å². The maximum absolute atomic E-state index is 12.4. The number of carbonyl (C=O) groups is 1. The SMILES string of the molecule is O=C(NC(CO)c1cccc(Br)c1)OCC1c2ccccc2-c2ccccc21. The lowest BCUT2D eigenvalue weighted by atomic mass is 9.98. The molecule has 2 N–H and O–H groups in total. The van der Waals surface area contributed by atoms with Gasteiger partial charge in [0, 0.05) is 10.4 Å². The zero-order chi connectivity index (χ0) is 19.5. The topological polar surface area (TPSA) is 58.6 Å². The molecule has 28 heavy (non-hydrogen) atoms. The Morgan fingerprint density at radius 3 is 2.25 bits per heavy atom. The number of rotatable bonds is 5. The van der Waals surface area contributed by atoms with Crippen molar-refractivity contribution in [3.8, 4) is 11.1 Å². The van der Waals surface area contributed by atoms with Crippen molar-refractivity contribution in [3.05, 3.63) is 94.0 Å². The molecular formula is C23H20BrNO3. The minimum absolute atomic E-state index is 0.0107. The smallest absolute Gasteiger partial charge is 0.407 e. The number of halogens is 1. The number of benzene rings is 3. The Labute approximate surface area is 172 Å². The predicted octanol–water partition coefficient (Wildman–Crippen LogP) is 5.02. The maximum Gasteiger partial charge on any atom is 0.407 e. The Hall–Kier alpha value is -2.63. The second kappa shape index (κ2) is 8.17. The van der Waals surface area contributed by atoms with Crippen molar-refractivity contribution >= 4 is 22.0 Å². The standard InChI is InChI=1S/C23H20BrNO3/c24-16-7-5-6-15(12-16)22(13-26)25-23(27)28-14-21-19-10-3-1-8-17(19)18-9-2-4-11-20(18)21/h1-12,21-22,26H,13-14H2,(H,25,27). The monoisotopic (exact) mass is 437 g/mol. The van der Waals surface area contributed by atoms with Gasteiger partial charge in [0.2, 0.25) is 0 Å². The number of nitrogens with one attached hydrogen (secondary N) is 1. The highest BCUT2D eigenvalue weighted by Crippen LogP contribution is 2.44. The van der Waals surface area contributed by atoms with Crippen LogP contribution < -0.4 is 5.32 Å². The third-order valence-corrected chi connectivity index (χ3v) is 5.56. The van der Waals surface area contributed by atoms with E-state index < -0.39 is 12.1 Å². The summed E-state index contributed by atoms with van der Waals surface area (Å²) in [6.45, 7) is 0.0388. The molecular weight excluding hydrogens is 418 g/mol. The van der Waals surface area contributed by atoms with Crippen LogP contribution in [0.25, 0.3) is 11.1 Å². The van der Waals surface area contributed by atoms with Crippen molar-refractivity contribution in [2.75, 3.05) is 13.2 Å². The van der Waals surface area contributed by atoms with Gasteiger partial charge in [0.05, 0.1) is 12.6 Å². The molecule has 0 saturated heterocycles. The zero-order valence-electron chi connectivity index (χ0n) is 15.1. The summed E-state index contributed by atoms with van der Waals surface area (Å²) in [5, 5.41) is 12.4. The molecule has 1 atom stereocenters. The first-order valence-corrected chi connectivity index (χ1v) is 9.94. The Morgan fingerprint density at radius 2 is 1.64 bits per heavy atom. The number of alkyl carbamates (subject to hydrolysis) is 1. The van der Waals surface area contributed by atoms with Gasteiger partial charge in [-0.05, 0) is 39.9 Å². The summed E-state index contributed by atoms with van der Waals surface area (Å²) < 4.78 is 6.44. The normalized spacial score (nSPS) is 13.5. The molecule has 0 spiro atoms. The van der Waals surface area contributed by atoms with Crippen molar-refractivity contribution in [3.63, 3.8) is 0 Å².